The highest BCUT2D eigenvalue weighted by atomic mass is 16.6. The second-order valence-corrected chi connectivity index (χ2v) is 6.95. The van der Waals surface area contributed by atoms with E-state index in [1.165, 1.54) is 0 Å². The van der Waals surface area contributed by atoms with Crippen LogP contribution < -0.4 is 5.32 Å². The predicted molar refractivity (Wildman–Crippen MR) is 87.4 cm³/mol. The van der Waals surface area contributed by atoms with Crippen molar-refractivity contribution in [1.82, 2.24) is 10.2 Å². The van der Waals surface area contributed by atoms with Gasteiger partial charge < -0.3 is 15.0 Å². The normalized spacial score (nSPS) is 21.1. The minimum absolute atomic E-state index is 0.132. The number of carbonyl (C=O) groups is 1. The second-order valence-electron chi connectivity index (χ2n) is 6.95. The molecule has 0 aromatic heterocycles. The standard InChI is InChI=1S/C17H28N4O2/c1-17(2,3)23-16(22)21(13-5-11-19)15-8-6-14(7-9-15)20-12-4-10-18/h14-15,20H,4-9,12-13H2,1-3H3. The summed E-state index contributed by atoms with van der Waals surface area (Å²) >= 11 is 0. The van der Waals surface area contributed by atoms with Gasteiger partial charge in [0.2, 0.25) is 0 Å². The number of amides is 1. The zero-order valence-corrected chi connectivity index (χ0v) is 14.5. The minimum Gasteiger partial charge on any atom is -0.444 e. The molecule has 0 spiro atoms. The van der Waals surface area contributed by atoms with E-state index in [0.717, 1.165) is 32.2 Å². The first-order valence-electron chi connectivity index (χ1n) is 8.34. The molecule has 0 unspecified atom stereocenters. The molecular formula is C17H28N4O2. The number of rotatable bonds is 6. The van der Waals surface area contributed by atoms with Gasteiger partial charge in [-0.3, -0.25) is 0 Å². The number of ether oxygens (including phenoxy) is 1. The number of nitrogens with one attached hydrogen (secondary N) is 1. The summed E-state index contributed by atoms with van der Waals surface area (Å²) in [7, 11) is 0. The number of nitrogens with zero attached hydrogens (tertiary/aromatic N) is 3. The van der Waals surface area contributed by atoms with E-state index in [1.807, 2.05) is 20.8 Å². The number of carbonyl (C=O) groups excluding carboxylic acids is 1. The topological polar surface area (TPSA) is 89.2 Å². The molecule has 1 aliphatic rings. The highest BCUT2D eigenvalue weighted by molar-refractivity contribution is 5.68. The Bertz CT molecular complexity index is 451. The van der Waals surface area contributed by atoms with Crippen molar-refractivity contribution in [2.24, 2.45) is 0 Å². The van der Waals surface area contributed by atoms with E-state index in [2.05, 4.69) is 17.5 Å². The van der Waals surface area contributed by atoms with Crippen molar-refractivity contribution in [3.8, 4) is 12.1 Å². The van der Waals surface area contributed by atoms with Crippen molar-refractivity contribution >= 4 is 6.09 Å². The molecule has 1 aliphatic carbocycles. The predicted octanol–water partition coefficient (Wildman–Crippen LogP) is 2.95. The van der Waals surface area contributed by atoms with Gasteiger partial charge >= 0.3 is 6.09 Å². The van der Waals surface area contributed by atoms with Gasteiger partial charge in [-0.2, -0.15) is 10.5 Å². The molecule has 1 saturated carbocycles. The summed E-state index contributed by atoms with van der Waals surface area (Å²) in [5, 5.41) is 20.8. The summed E-state index contributed by atoms with van der Waals surface area (Å²) in [6, 6.07) is 4.78. The minimum atomic E-state index is -0.530. The summed E-state index contributed by atoms with van der Waals surface area (Å²) in [6.07, 6.45) is 4.26. The van der Waals surface area contributed by atoms with Crippen molar-refractivity contribution < 1.29 is 9.53 Å². The van der Waals surface area contributed by atoms with Crippen LogP contribution in [0.2, 0.25) is 0 Å². The van der Waals surface area contributed by atoms with Crippen molar-refractivity contribution in [3.63, 3.8) is 0 Å². The summed E-state index contributed by atoms with van der Waals surface area (Å²) in [5.41, 5.74) is -0.530. The lowest BCUT2D eigenvalue weighted by molar-refractivity contribution is 0.0117. The van der Waals surface area contributed by atoms with Crippen LogP contribution in [0.15, 0.2) is 0 Å². The summed E-state index contributed by atoms with van der Waals surface area (Å²) in [5.74, 6) is 0. The van der Waals surface area contributed by atoms with Crippen LogP contribution in [0.3, 0.4) is 0 Å². The van der Waals surface area contributed by atoms with Crippen molar-refractivity contribution in [2.45, 2.75) is 77.0 Å². The Balaban J connectivity index is 2.55. The van der Waals surface area contributed by atoms with Crippen LogP contribution in [-0.4, -0.2) is 41.8 Å². The van der Waals surface area contributed by atoms with Crippen LogP contribution in [-0.2, 0) is 4.74 Å². The summed E-state index contributed by atoms with van der Waals surface area (Å²) in [6.45, 7) is 6.69. The molecule has 0 aliphatic heterocycles. The first-order chi connectivity index (χ1) is 10.9. The van der Waals surface area contributed by atoms with Gasteiger partial charge in [-0.25, -0.2) is 4.79 Å². The van der Waals surface area contributed by atoms with E-state index in [0.29, 0.717) is 25.4 Å². The number of nitriles is 2. The van der Waals surface area contributed by atoms with Crippen LogP contribution in [0.5, 0.6) is 0 Å². The molecule has 6 nitrogen and oxygen atoms in total. The van der Waals surface area contributed by atoms with E-state index in [4.69, 9.17) is 15.3 Å². The molecule has 1 fully saturated rings. The Morgan fingerprint density at radius 1 is 1.17 bits per heavy atom. The van der Waals surface area contributed by atoms with Crippen molar-refractivity contribution in [2.75, 3.05) is 13.1 Å². The molecule has 0 aromatic rings. The van der Waals surface area contributed by atoms with Crippen LogP contribution >= 0.6 is 0 Å². The lowest BCUT2D eigenvalue weighted by atomic mass is 9.90. The highest BCUT2D eigenvalue weighted by Gasteiger charge is 2.31. The van der Waals surface area contributed by atoms with Gasteiger partial charge in [0.1, 0.15) is 5.60 Å². The third-order valence-electron chi connectivity index (χ3n) is 3.90. The molecular weight excluding hydrogens is 292 g/mol. The molecule has 0 heterocycles. The van der Waals surface area contributed by atoms with Gasteiger partial charge in [0.05, 0.1) is 18.6 Å². The Hall–Kier alpha value is -1.79. The fourth-order valence-electron chi connectivity index (χ4n) is 2.84. The molecule has 1 N–H and O–H groups in total. The van der Waals surface area contributed by atoms with E-state index in [1.54, 1.807) is 4.90 Å². The van der Waals surface area contributed by atoms with Gasteiger partial charge in [-0.15, -0.1) is 0 Å². The van der Waals surface area contributed by atoms with Gasteiger partial charge in [0, 0.05) is 31.6 Å². The van der Waals surface area contributed by atoms with Crippen LogP contribution in [0.1, 0.15) is 59.3 Å². The lowest BCUT2D eigenvalue weighted by Crippen LogP contribution is -2.47. The first kappa shape index (κ1) is 19.3. The second kappa shape index (κ2) is 9.37. The van der Waals surface area contributed by atoms with Crippen LogP contribution in [0.25, 0.3) is 0 Å². The average Bonchev–Trinajstić information content (AvgIpc) is 2.47. The molecule has 0 bridgehead atoms. The maximum Gasteiger partial charge on any atom is 0.410 e. The molecule has 0 radical (unpaired) electrons. The Morgan fingerprint density at radius 3 is 2.30 bits per heavy atom. The van der Waals surface area contributed by atoms with Crippen LogP contribution in [0.4, 0.5) is 4.79 Å². The SMILES string of the molecule is CC(C)(C)OC(=O)N(CCC#N)C1CCC(NCCC#N)CC1. The zero-order valence-electron chi connectivity index (χ0n) is 14.5. The Kier molecular flexibility index (Phi) is 7.85. The van der Waals surface area contributed by atoms with Gasteiger partial charge in [0.15, 0.2) is 0 Å². The third kappa shape index (κ3) is 7.34. The molecule has 0 aromatic carbocycles. The van der Waals surface area contributed by atoms with Gasteiger partial charge in [-0.1, -0.05) is 0 Å². The molecule has 23 heavy (non-hydrogen) atoms. The molecule has 6 heteroatoms. The maximum atomic E-state index is 12.4. The van der Waals surface area contributed by atoms with E-state index in [9.17, 15) is 4.79 Å². The zero-order chi connectivity index (χ0) is 17.3. The van der Waals surface area contributed by atoms with Gasteiger partial charge in [0.25, 0.3) is 0 Å². The number of hydrogen-bond donors (Lipinski definition) is 1. The van der Waals surface area contributed by atoms with Gasteiger partial charge in [-0.05, 0) is 46.5 Å². The van der Waals surface area contributed by atoms with E-state index >= 15 is 0 Å². The Labute approximate surface area is 139 Å². The average molecular weight is 320 g/mol. The highest BCUT2D eigenvalue weighted by Crippen LogP contribution is 2.25. The van der Waals surface area contributed by atoms with Crippen LogP contribution in [0, 0.1) is 22.7 Å². The molecule has 128 valence electrons. The smallest absolute Gasteiger partial charge is 0.410 e. The van der Waals surface area contributed by atoms with E-state index < -0.39 is 5.60 Å². The third-order valence-corrected chi connectivity index (χ3v) is 3.90. The first-order valence-corrected chi connectivity index (χ1v) is 8.34. The quantitative estimate of drug-likeness (QED) is 0.760. The molecule has 1 amide bonds. The molecule has 0 saturated heterocycles. The number of hydrogen-bond acceptors (Lipinski definition) is 5. The van der Waals surface area contributed by atoms with Crippen molar-refractivity contribution in [3.05, 3.63) is 0 Å². The summed E-state index contributed by atoms with van der Waals surface area (Å²) in [4.78, 5) is 14.1. The summed E-state index contributed by atoms with van der Waals surface area (Å²) < 4.78 is 5.48. The Morgan fingerprint density at radius 2 is 1.78 bits per heavy atom. The maximum absolute atomic E-state index is 12.4. The molecule has 1 rings (SSSR count). The lowest BCUT2D eigenvalue weighted by Gasteiger charge is -2.37. The van der Waals surface area contributed by atoms with E-state index in [-0.39, 0.29) is 12.1 Å². The fraction of sp³-hybridized carbons (Fsp3) is 0.824. The molecule has 0 atom stereocenters. The fourth-order valence-corrected chi connectivity index (χ4v) is 2.84. The van der Waals surface area contributed by atoms with Crippen molar-refractivity contribution in [1.29, 1.82) is 10.5 Å². The monoisotopic (exact) mass is 320 g/mol. The largest absolute Gasteiger partial charge is 0.444 e.